The van der Waals surface area contributed by atoms with Gasteiger partial charge < -0.3 is 5.32 Å². The molecule has 1 aromatic carbocycles. The fraction of sp³-hybridized carbons (Fsp3) is 0.100. The van der Waals surface area contributed by atoms with Crippen LogP contribution < -0.4 is 5.32 Å². The highest BCUT2D eigenvalue weighted by molar-refractivity contribution is 7.80. The van der Waals surface area contributed by atoms with Crippen molar-refractivity contribution in [2.75, 3.05) is 0 Å². The van der Waals surface area contributed by atoms with Crippen LogP contribution in [0.4, 0.5) is 0 Å². The van der Waals surface area contributed by atoms with Crippen LogP contribution in [0.3, 0.4) is 0 Å². The van der Waals surface area contributed by atoms with Gasteiger partial charge in [-0.1, -0.05) is 48.6 Å². The number of thiocarbonyl (C=S) groups is 1. The average Bonchev–Trinajstić information content (AvgIpc) is 2.15. The van der Waals surface area contributed by atoms with Crippen molar-refractivity contribution in [3.63, 3.8) is 0 Å². The molecule has 0 atom stereocenters. The Morgan fingerprint density at radius 3 is 2.58 bits per heavy atom. The number of hydrogen-bond acceptors (Lipinski definition) is 1. The Balaban J connectivity index is 2.66. The van der Waals surface area contributed by atoms with Gasteiger partial charge in [0.25, 0.3) is 0 Å². The fourth-order valence-electron chi connectivity index (χ4n) is 0.832. The Hall–Kier alpha value is -1.15. The van der Waals surface area contributed by atoms with Crippen LogP contribution in [-0.2, 0) is 0 Å². The highest BCUT2D eigenvalue weighted by Gasteiger charge is 1.94. The first-order chi connectivity index (χ1) is 5.84. The summed E-state index contributed by atoms with van der Waals surface area (Å²) in [6, 6.07) is 9.89. The molecule has 0 saturated heterocycles. The van der Waals surface area contributed by atoms with Gasteiger partial charge in [-0.25, -0.2) is 0 Å². The van der Waals surface area contributed by atoms with Crippen LogP contribution in [0.5, 0.6) is 0 Å². The molecule has 1 rings (SSSR count). The zero-order valence-corrected chi connectivity index (χ0v) is 7.77. The minimum Gasteiger partial charge on any atom is -0.353 e. The zero-order valence-electron chi connectivity index (χ0n) is 6.95. The van der Waals surface area contributed by atoms with E-state index in [1.165, 1.54) is 0 Å². The normalized spacial score (nSPS) is 10.1. The molecule has 12 heavy (non-hydrogen) atoms. The van der Waals surface area contributed by atoms with E-state index >= 15 is 0 Å². The van der Waals surface area contributed by atoms with Gasteiger partial charge in [-0.15, -0.1) is 0 Å². The number of allylic oxidation sites excluding steroid dienone is 1. The van der Waals surface area contributed by atoms with E-state index in [4.69, 9.17) is 12.2 Å². The maximum atomic E-state index is 5.12. The summed E-state index contributed by atoms with van der Waals surface area (Å²) in [6.07, 6.45) is 3.74. The van der Waals surface area contributed by atoms with Gasteiger partial charge in [0.1, 0.15) is 4.99 Å². The first-order valence-corrected chi connectivity index (χ1v) is 4.22. The van der Waals surface area contributed by atoms with Gasteiger partial charge in [0.05, 0.1) is 0 Å². The third-order valence-corrected chi connectivity index (χ3v) is 1.77. The third kappa shape index (κ3) is 2.47. The highest BCUT2D eigenvalue weighted by atomic mass is 32.1. The molecule has 1 nitrogen and oxygen atoms in total. The van der Waals surface area contributed by atoms with Crippen molar-refractivity contribution in [3.05, 3.63) is 48.2 Å². The van der Waals surface area contributed by atoms with Crippen LogP contribution in [0.15, 0.2) is 42.6 Å². The van der Waals surface area contributed by atoms with Gasteiger partial charge in [0.2, 0.25) is 0 Å². The van der Waals surface area contributed by atoms with Crippen LogP contribution >= 0.6 is 12.2 Å². The van der Waals surface area contributed by atoms with Crippen LogP contribution in [0.25, 0.3) is 0 Å². The predicted octanol–water partition coefficient (Wildman–Crippen LogP) is 2.49. The molecule has 0 aliphatic rings. The van der Waals surface area contributed by atoms with Crippen LogP contribution in [-0.4, -0.2) is 4.99 Å². The second kappa shape index (κ2) is 4.67. The maximum absolute atomic E-state index is 5.12. The largest absolute Gasteiger partial charge is 0.353 e. The fourth-order valence-corrected chi connectivity index (χ4v) is 1.04. The Labute approximate surface area is 78.1 Å². The molecule has 0 heterocycles. The van der Waals surface area contributed by atoms with Gasteiger partial charge in [-0.3, -0.25) is 0 Å². The Kier molecular flexibility index (Phi) is 3.48. The Morgan fingerprint density at radius 1 is 1.33 bits per heavy atom. The molecule has 1 aromatic rings. The number of rotatable bonds is 2. The molecule has 0 aliphatic heterocycles. The van der Waals surface area contributed by atoms with Crippen LogP contribution in [0.2, 0.25) is 0 Å². The number of hydrogen-bond donors (Lipinski definition) is 1. The van der Waals surface area contributed by atoms with Crippen LogP contribution in [0.1, 0.15) is 12.5 Å². The summed E-state index contributed by atoms with van der Waals surface area (Å²) < 4.78 is 0. The molecule has 0 radical (unpaired) electrons. The zero-order chi connectivity index (χ0) is 8.81. The summed E-state index contributed by atoms with van der Waals surface area (Å²) in [7, 11) is 0. The molecule has 0 bridgehead atoms. The average molecular weight is 177 g/mol. The standard InChI is InChI=1S/C10H11NS/c1-2-8-11-10(12)9-6-4-3-5-7-9/h2-8H,1H3,(H,11,12). The summed E-state index contributed by atoms with van der Waals surface area (Å²) in [5, 5.41) is 3.00. The molecule has 0 saturated carbocycles. The molecule has 0 spiro atoms. The minimum absolute atomic E-state index is 0.758. The van der Waals surface area contributed by atoms with E-state index in [1.807, 2.05) is 49.5 Å². The van der Waals surface area contributed by atoms with Crippen molar-refractivity contribution >= 4 is 17.2 Å². The lowest BCUT2D eigenvalue weighted by molar-refractivity contribution is 1.29. The van der Waals surface area contributed by atoms with Gasteiger partial charge in [-0.2, -0.15) is 0 Å². The lowest BCUT2D eigenvalue weighted by atomic mass is 10.2. The number of benzene rings is 1. The van der Waals surface area contributed by atoms with E-state index < -0.39 is 0 Å². The lowest BCUT2D eigenvalue weighted by Gasteiger charge is -2.01. The minimum atomic E-state index is 0.758. The quantitative estimate of drug-likeness (QED) is 0.696. The smallest absolute Gasteiger partial charge is 0.110 e. The van der Waals surface area contributed by atoms with Crippen molar-refractivity contribution in [2.45, 2.75) is 6.92 Å². The van der Waals surface area contributed by atoms with E-state index in [0.717, 1.165) is 10.6 Å². The van der Waals surface area contributed by atoms with Gasteiger partial charge in [0, 0.05) is 5.56 Å². The second-order valence-electron chi connectivity index (χ2n) is 2.34. The van der Waals surface area contributed by atoms with Crippen molar-refractivity contribution in [1.82, 2.24) is 5.32 Å². The van der Waals surface area contributed by atoms with Gasteiger partial charge in [0.15, 0.2) is 0 Å². The van der Waals surface area contributed by atoms with Crippen molar-refractivity contribution in [2.24, 2.45) is 0 Å². The van der Waals surface area contributed by atoms with E-state index in [2.05, 4.69) is 5.32 Å². The lowest BCUT2D eigenvalue weighted by Crippen LogP contribution is -2.15. The first kappa shape index (κ1) is 8.94. The monoisotopic (exact) mass is 177 g/mol. The Bertz CT molecular complexity index is 277. The van der Waals surface area contributed by atoms with E-state index in [0.29, 0.717) is 0 Å². The maximum Gasteiger partial charge on any atom is 0.110 e. The van der Waals surface area contributed by atoms with Gasteiger partial charge >= 0.3 is 0 Å². The Morgan fingerprint density at radius 2 is 2.00 bits per heavy atom. The molecular weight excluding hydrogens is 166 g/mol. The first-order valence-electron chi connectivity index (χ1n) is 3.81. The SMILES string of the molecule is CC=CNC(=S)c1ccccc1. The van der Waals surface area contributed by atoms with Gasteiger partial charge in [-0.05, 0) is 13.1 Å². The molecule has 0 fully saturated rings. The molecule has 2 heteroatoms. The molecule has 0 unspecified atom stereocenters. The van der Waals surface area contributed by atoms with Crippen molar-refractivity contribution < 1.29 is 0 Å². The summed E-state index contributed by atoms with van der Waals surface area (Å²) in [5.41, 5.74) is 1.05. The van der Waals surface area contributed by atoms with E-state index in [-0.39, 0.29) is 0 Å². The van der Waals surface area contributed by atoms with Crippen molar-refractivity contribution in [1.29, 1.82) is 0 Å². The number of nitrogens with one attached hydrogen (secondary N) is 1. The molecule has 62 valence electrons. The molecule has 0 aromatic heterocycles. The third-order valence-electron chi connectivity index (χ3n) is 1.42. The molecule has 0 aliphatic carbocycles. The molecular formula is C10H11NS. The van der Waals surface area contributed by atoms with Crippen molar-refractivity contribution in [3.8, 4) is 0 Å². The summed E-state index contributed by atoms with van der Waals surface area (Å²) in [6.45, 7) is 1.95. The summed E-state index contributed by atoms with van der Waals surface area (Å²) >= 11 is 5.12. The highest BCUT2D eigenvalue weighted by Crippen LogP contribution is 1.98. The predicted molar refractivity (Wildman–Crippen MR) is 56.1 cm³/mol. The summed E-state index contributed by atoms with van der Waals surface area (Å²) in [5.74, 6) is 0. The molecule has 1 N–H and O–H groups in total. The molecule has 0 amide bonds. The van der Waals surface area contributed by atoms with E-state index in [9.17, 15) is 0 Å². The van der Waals surface area contributed by atoms with Crippen LogP contribution in [0, 0.1) is 0 Å². The summed E-state index contributed by atoms with van der Waals surface area (Å²) in [4.78, 5) is 0.758. The topological polar surface area (TPSA) is 12.0 Å². The van der Waals surface area contributed by atoms with E-state index in [1.54, 1.807) is 0 Å². The second-order valence-corrected chi connectivity index (χ2v) is 2.75.